The number of unbranched alkanes of at least 4 members (excludes halogenated alkanes) is 3. The molecule has 0 radical (unpaired) electrons. The van der Waals surface area contributed by atoms with Crippen LogP contribution in [0.25, 0.3) is 0 Å². The highest BCUT2D eigenvalue weighted by atomic mass is 35.5. The molecule has 2 nitrogen and oxygen atoms in total. The Morgan fingerprint density at radius 2 is 1.88 bits per heavy atom. The molecule has 1 aromatic carbocycles. The number of nitrogens with zero attached hydrogens (tertiary/aromatic N) is 1. The summed E-state index contributed by atoms with van der Waals surface area (Å²) in [5.41, 5.74) is 5.50. The van der Waals surface area contributed by atoms with Crippen molar-refractivity contribution >= 4 is 31.6 Å². The normalized spacial score (nSPS) is 13.5. The van der Waals surface area contributed by atoms with Crippen molar-refractivity contribution in [3.05, 3.63) is 28.8 Å². The summed E-state index contributed by atoms with van der Waals surface area (Å²) in [6, 6.07) is 6.08. The lowest BCUT2D eigenvalue weighted by molar-refractivity contribution is -0.111. The van der Waals surface area contributed by atoms with Gasteiger partial charge in [-0.3, -0.25) is 0 Å². The predicted molar refractivity (Wildman–Crippen MR) is 118 cm³/mol. The van der Waals surface area contributed by atoms with E-state index in [2.05, 4.69) is 44.1 Å². The molecule has 0 aliphatic heterocycles. The van der Waals surface area contributed by atoms with Crippen LogP contribution in [-0.2, 0) is 4.79 Å². The smallest absolute Gasteiger partial charge is 0.129 e. The molecule has 0 spiro atoms. The van der Waals surface area contributed by atoms with Gasteiger partial charge in [0.05, 0.1) is 5.92 Å². The molecule has 144 valence electrons. The van der Waals surface area contributed by atoms with Gasteiger partial charge in [0.1, 0.15) is 14.4 Å². The quantitative estimate of drug-likeness (QED) is 0.217. The first kappa shape index (κ1) is 22.8. The molecule has 0 aliphatic rings. The summed E-state index contributed by atoms with van der Waals surface area (Å²) < 4.78 is 0. The Morgan fingerprint density at radius 1 is 1.19 bits per heavy atom. The maximum Gasteiger partial charge on any atom is 0.129 e. The van der Waals surface area contributed by atoms with Gasteiger partial charge in [-0.15, -0.1) is 11.5 Å². The highest BCUT2D eigenvalue weighted by Crippen LogP contribution is 2.34. The molecule has 0 aromatic heterocycles. The van der Waals surface area contributed by atoms with Crippen LogP contribution in [-0.4, -0.2) is 28.5 Å². The van der Waals surface area contributed by atoms with Gasteiger partial charge in [0.15, 0.2) is 0 Å². The zero-order chi connectivity index (χ0) is 19.7. The lowest BCUT2D eigenvalue weighted by atomic mass is 9.84. The van der Waals surface area contributed by atoms with Gasteiger partial charge in [-0.1, -0.05) is 69.9 Å². The van der Waals surface area contributed by atoms with E-state index in [1.807, 2.05) is 31.1 Å². The lowest BCUT2D eigenvalue weighted by Gasteiger charge is -2.22. The molecule has 26 heavy (non-hydrogen) atoms. The van der Waals surface area contributed by atoms with Gasteiger partial charge < -0.3 is 9.69 Å². The minimum atomic E-state index is -1.53. The number of anilines is 1. The topological polar surface area (TPSA) is 20.3 Å². The Hall–Kier alpha value is -1.24. The van der Waals surface area contributed by atoms with Crippen LogP contribution >= 0.6 is 11.6 Å². The fraction of sp³-hybridized carbons (Fsp3) is 0.591. The van der Waals surface area contributed by atoms with Crippen molar-refractivity contribution in [3.63, 3.8) is 0 Å². The molecule has 0 aliphatic carbocycles. The van der Waals surface area contributed by atoms with Gasteiger partial charge in [0.2, 0.25) is 0 Å². The molecular weight excluding hydrogens is 358 g/mol. The van der Waals surface area contributed by atoms with Gasteiger partial charge >= 0.3 is 0 Å². The Kier molecular flexibility index (Phi) is 9.47. The highest BCUT2D eigenvalue weighted by molar-refractivity contribution is 6.83. The second-order valence-corrected chi connectivity index (χ2v) is 13.4. The minimum Gasteiger partial charge on any atom is -0.378 e. The first-order chi connectivity index (χ1) is 12.2. The monoisotopic (exact) mass is 391 g/mol. The van der Waals surface area contributed by atoms with Gasteiger partial charge in [-0.2, -0.15) is 0 Å². The number of aldehydes is 1. The standard InChI is InChI=1S/C22H34ClNOSi/c1-7-8-9-10-11-18(17-25)20(14-15-26(4,5)6)21-13-12-19(24(2)3)16-22(21)23/h12-13,16-18,20H,7-11H2,1-6H3/t18-,20-/m1/s1. The van der Waals surface area contributed by atoms with Crippen LogP contribution in [0.15, 0.2) is 18.2 Å². The second-order valence-electron chi connectivity index (χ2n) is 8.25. The number of hydrogen-bond donors (Lipinski definition) is 0. The fourth-order valence-corrected chi connectivity index (χ4v) is 3.76. The van der Waals surface area contributed by atoms with Gasteiger partial charge in [-0.05, 0) is 24.1 Å². The van der Waals surface area contributed by atoms with Crippen LogP contribution in [0.3, 0.4) is 0 Å². The number of hydrogen-bond acceptors (Lipinski definition) is 2. The molecule has 0 amide bonds. The highest BCUT2D eigenvalue weighted by Gasteiger charge is 2.24. The SMILES string of the molecule is CCCCCC[C@H](C=O)[C@@H](C#C[Si](C)(C)C)c1ccc(N(C)C)cc1Cl. The summed E-state index contributed by atoms with van der Waals surface area (Å²) in [6.45, 7) is 8.88. The van der Waals surface area contributed by atoms with E-state index in [-0.39, 0.29) is 11.8 Å². The van der Waals surface area contributed by atoms with Gasteiger partial charge in [0.25, 0.3) is 0 Å². The van der Waals surface area contributed by atoms with Crippen LogP contribution in [0, 0.1) is 17.4 Å². The van der Waals surface area contributed by atoms with E-state index in [1.54, 1.807) is 0 Å². The summed E-state index contributed by atoms with van der Waals surface area (Å²) in [5, 5.41) is 0.700. The molecule has 0 N–H and O–H groups in total. The number of carbonyl (C=O) groups is 1. The van der Waals surface area contributed by atoms with Crippen molar-refractivity contribution in [1.82, 2.24) is 0 Å². The van der Waals surface area contributed by atoms with E-state index in [0.29, 0.717) is 5.02 Å². The molecule has 0 saturated carbocycles. The number of benzene rings is 1. The summed E-state index contributed by atoms with van der Waals surface area (Å²) in [5.74, 6) is 3.22. The Labute approximate surface area is 166 Å². The molecule has 0 saturated heterocycles. The van der Waals surface area contributed by atoms with E-state index >= 15 is 0 Å². The first-order valence-corrected chi connectivity index (χ1v) is 13.5. The van der Waals surface area contributed by atoms with E-state index in [4.69, 9.17) is 11.6 Å². The van der Waals surface area contributed by atoms with Crippen molar-refractivity contribution < 1.29 is 4.79 Å². The lowest BCUT2D eigenvalue weighted by Crippen LogP contribution is -2.19. The van der Waals surface area contributed by atoms with Crippen molar-refractivity contribution in [3.8, 4) is 11.5 Å². The maximum absolute atomic E-state index is 11.9. The Bertz CT molecular complexity index is 640. The average molecular weight is 392 g/mol. The average Bonchev–Trinajstić information content (AvgIpc) is 2.56. The molecule has 4 heteroatoms. The van der Waals surface area contributed by atoms with Crippen LogP contribution in [0.1, 0.15) is 50.5 Å². The van der Waals surface area contributed by atoms with Crippen LogP contribution < -0.4 is 4.90 Å². The van der Waals surface area contributed by atoms with Crippen molar-refractivity contribution in [1.29, 1.82) is 0 Å². The first-order valence-electron chi connectivity index (χ1n) is 9.64. The second kappa shape index (κ2) is 10.8. The molecule has 1 rings (SSSR count). The van der Waals surface area contributed by atoms with Gasteiger partial charge in [-0.25, -0.2) is 0 Å². The molecule has 0 bridgehead atoms. The van der Waals surface area contributed by atoms with Crippen molar-refractivity contribution in [2.24, 2.45) is 5.92 Å². The zero-order valence-electron chi connectivity index (χ0n) is 17.2. The zero-order valence-corrected chi connectivity index (χ0v) is 19.0. The minimum absolute atomic E-state index is 0.0987. The van der Waals surface area contributed by atoms with Crippen LogP contribution in [0.5, 0.6) is 0 Å². The third-order valence-corrected chi connectivity index (χ3v) is 5.65. The largest absolute Gasteiger partial charge is 0.378 e. The Balaban J connectivity index is 3.18. The van der Waals surface area contributed by atoms with Crippen molar-refractivity contribution in [2.75, 3.05) is 19.0 Å². The predicted octanol–water partition coefficient (Wildman–Crippen LogP) is 6.16. The molecule has 1 aromatic rings. The molecule has 0 heterocycles. The molecular formula is C22H34ClNOSi. The van der Waals surface area contributed by atoms with E-state index < -0.39 is 8.07 Å². The summed E-state index contributed by atoms with van der Waals surface area (Å²) >= 11 is 6.60. The van der Waals surface area contributed by atoms with Crippen molar-refractivity contribution in [2.45, 2.75) is 64.6 Å². The van der Waals surface area contributed by atoms with E-state index in [0.717, 1.165) is 30.4 Å². The van der Waals surface area contributed by atoms with Crippen LogP contribution in [0.4, 0.5) is 5.69 Å². The fourth-order valence-electron chi connectivity index (χ4n) is 2.88. The summed E-state index contributed by atoms with van der Waals surface area (Å²) in [6.07, 6.45) is 6.61. The molecule has 0 unspecified atom stereocenters. The van der Waals surface area contributed by atoms with Gasteiger partial charge in [0, 0.05) is 30.7 Å². The van der Waals surface area contributed by atoms with E-state index in [1.165, 1.54) is 19.3 Å². The number of carbonyl (C=O) groups excluding carboxylic acids is 1. The third kappa shape index (κ3) is 7.56. The number of halogens is 1. The van der Waals surface area contributed by atoms with Crippen LogP contribution in [0.2, 0.25) is 24.7 Å². The maximum atomic E-state index is 11.9. The number of rotatable bonds is 9. The summed E-state index contributed by atoms with van der Waals surface area (Å²) in [7, 11) is 2.46. The third-order valence-electron chi connectivity index (χ3n) is 4.43. The Morgan fingerprint density at radius 3 is 2.38 bits per heavy atom. The molecule has 0 fully saturated rings. The summed E-state index contributed by atoms with van der Waals surface area (Å²) in [4.78, 5) is 13.9. The molecule has 2 atom stereocenters. The van der Waals surface area contributed by atoms with E-state index in [9.17, 15) is 4.79 Å².